The number of anilines is 1. The molecule has 1 aromatic carbocycles. The van der Waals surface area contributed by atoms with Crippen molar-refractivity contribution >= 4 is 35.6 Å². The fraction of sp³-hybridized carbons (Fsp3) is 0.368. The second-order valence-electron chi connectivity index (χ2n) is 5.61. The molecule has 0 aliphatic heterocycles. The molecule has 0 aliphatic carbocycles. The number of para-hydroxylation sites is 1. The maximum Gasteiger partial charge on any atom is 0.190 e. The SMILES string of the molecule is CN=C(NCCCN(C)c1ccccc1)NCCc1ccccn1.I. The number of nitrogens with one attached hydrogen (secondary N) is 2. The number of rotatable bonds is 8. The molecule has 2 N–H and O–H groups in total. The number of benzene rings is 1. The van der Waals surface area contributed by atoms with Crippen LogP contribution < -0.4 is 15.5 Å². The molecule has 0 saturated heterocycles. The van der Waals surface area contributed by atoms with Crippen molar-refractivity contribution < 1.29 is 0 Å². The summed E-state index contributed by atoms with van der Waals surface area (Å²) in [6.45, 7) is 2.71. The van der Waals surface area contributed by atoms with Crippen molar-refractivity contribution in [3.05, 3.63) is 60.4 Å². The summed E-state index contributed by atoms with van der Waals surface area (Å²) in [4.78, 5) is 10.8. The van der Waals surface area contributed by atoms with Gasteiger partial charge in [-0.25, -0.2) is 0 Å². The highest BCUT2D eigenvalue weighted by molar-refractivity contribution is 14.0. The van der Waals surface area contributed by atoms with E-state index in [1.54, 1.807) is 7.05 Å². The Bertz CT molecular complexity index is 604. The van der Waals surface area contributed by atoms with Gasteiger partial charge in [-0.3, -0.25) is 9.98 Å². The maximum absolute atomic E-state index is 4.32. The predicted octanol–water partition coefficient (Wildman–Crippen LogP) is 2.93. The molecular formula is C19H28IN5. The van der Waals surface area contributed by atoms with Gasteiger partial charge in [0, 0.05) is 57.7 Å². The smallest absolute Gasteiger partial charge is 0.190 e. The van der Waals surface area contributed by atoms with E-state index in [4.69, 9.17) is 0 Å². The molecule has 0 amide bonds. The standard InChI is InChI=1S/C19H27N5.HI/c1-20-19(23-15-12-17-9-6-7-13-21-17)22-14-8-16-24(2)18-10-4-3-5-11-18;/h3-7,9-11,13H,8,12,14-16H2,1-2H3,(H2,20,22,23);1H. The van der Waals surface area contributed by atoms with Crippen molar-refractivity contribution in [2.75, 3.05) is 38.6 Å². The Morgan fingerprint density at radius 3 is 2.44 bits per heavy atom. The highest BCUT2D eigenvalue weighted by Crippen LogP contribution is 2.10. The monoisotopic (exact) mass is 453 g/mol. The topological polar surface area (TPSA) is 52.6 Å². The summed E-state index contributed by atoms with van der Waals surface area (Å²) in [5, 5.41) is 6.68. The van der Waals surface area contributed by atoms with E-state index in [0.717, 1.165) is 44.1 Å². The zero-order valence-corrected chi connectivity index (χ0v) is 17.3. The number of halogens is 1. The van der Waals surface area contributed by atoms with Crippen LogP contribution in [0.4, 0.5) is 5.69 Å². The second-order valence-corrected chi connectivity index (χ2v) is 5.61. The van der Waals surface area contributed by atoms with Crippen molar-refractivity contribution in [3.63, 3.8) is 0 Å². The summed E-state index contributed by atoms with van der Waals surface area (Å²) >= 11 is 0. The lowest BCUT2D eigenvalue weighted by Crippen LogP contribution is -2.39. The number of aliphatic imine (C=N–C) groups is 1. The Labute approximate surface area is 168 Å². The Hall–Kier alpha value is -1.83. The molecule has 0 spiro atoms. The first kappa shape index (κ1) is 21.2. The van der Waals surface area contributed by atoms with Crippen molar-refractivity contribution in [1.82, 2.24) is 15.6 Å². The number of guanidine groups is 1. The van der Waals surface area contributed by atoms with E-state index in [-0.39, 0.29) is 24.0 Å². The molecule has 2 aromatic rings. The summed E-state index contributed by atoms with van der Waals surface area (Å²) < 4.78 is 0. The van der Waals surface area contributed by atoms with E-state index in [1.165, 1.54) is 5.69 Å². The number of pyridine rings is 1. The predicted molar refractivity (Wildman–Crippen MR) is 117 cm³/mol. The van der Waals surface area contributed by atoms with Crippen LogP contribution in [-0.2, 0) is 6.42 Å². The third-order valence-electron chi connectivity index (χ3n) is 3.78. The van der Waals surface area contributed by atoms with E-state index in [1.807, 2.05) is 30.5 Å². The van der Waals surface area contributed by atoms with E-state index < -0.39 is 0 Å². The van der Waals surface area contributed by atoms with Crippen LogP contribution in [0.3, 0.4) is 0 Å². The number of hydrogen-bond acceptors (Lipinski definition) is 3. The van der Waals surface area contributed by atoms with Crippen LogP contribution in [0, 0.1) is 0 Å². The fourth-order valence-electron chi connectivity index (χ4n) is 2.41. The molecule has 0 atom stereocenters. The first-order valence-electron chi connectivity index (χ1n) is 8.40. The van der Waals surface area contributed by atoms with Crippen molar-refractivity contribution in [1.29, 1.82) is 0 Å². The zero-order valence-electron chi connectivity index (χ0n) is 15.0. The Kier molecular flexibility index (Phi) is 10.6. The van der Waals surface area contributed by atoms with Crippen LogP contribution in [0.1, 0.15) is 12.1 Å². The van der Waals surface area contributed by atoms with Gasteiger partial charge < -0.3 is 15.5 Å². The molecule has 0 saturated carbocycles. The van der Waals surface area contributed by atoms with Crippen molar-refractivity contribution in [2.45, 2.75) is 12.8 Å². The molecule has 1 aromatic heterocycles. The molecule has 0 unspecified atom stereocenters. The minimum absolute atomic E-state index is 0. The minimum atomic E-state index is 0. The Morgan fingerprint density at radius 1 is 1.04 bits per heavy atom. The molecule has 136 valence electrons. The first-order chi connectivity index (χ1) is 11.8. The molecule has 0 aliphatic rings. The van der Waals surface area contributed by atoms with E-state index in [2.05, 4.69) is 56.8 Å². The van der Waals surface area contributed by atoms with Gasteiger partial charge in [0.1, 0.15) is 0 Å². The fourth-order valence-corrected chi connectivity index (χ4v) is 2.41. The molecule has 0 radical (unpaired) electrons. The van der Waals surface area contributed by atoms with Crippen molar-refractivity contribution in [2.24, 2.45) is 4.99 Å². The van der Waals surface area contributed by atoms with Crippen LogP contribution in [0.2, 0.25) is 0 Å². The lowest BCUT2D eigenvalue weighted by Gasteiger charge is -2.19. The zero-order chi connectivity index (χ0) is 17.0. The molecule has 5 nitrogen and oxygen atoms in total. The average molecular weight is 453 g/mol. The molecule has 25 heavy (non-hydrogen) atoms. The summed E-state index contributed by atoms with van der Waals surface area (Å²) in [5.74, 6) is 0.841. The third-order valence-corrected chi connectivity index (χ3v) is 3.78. The summed E-state index contributed by atoms with van der Waals surface area (Å²) in [7, 11) is 3.92. The van der Waals surface area contributed by atoms with Crippen LogP contribution in [-0.4, -0.2) is 44.7 Å². The lowest BCUT2D eigenvalue weighted by molar-refractivity contribution is 0.725. The van der Waals surface area contributed by atoms with Crippen LogP contribution in [0.15, 0.2) is 59.7 Å². The normalized spacial score (nSPS) is 10.7. The van der Waals surface area contributed by atoms with Crippen LogP contribution in [0.5, 0.6) is 0 Å². The molecule has 6 heteroatoms. The second kappa shape index (κ2) is 12.5. The van der Waals surface area contributed by atoms with Crippen molar-refractivity contribution in [3.8, 4) is 0 Å². The average Bonchev–Trinajstić information content (AvgIpc) is 2.65. The lowest BCUT2D eigenvalue weighted by atomic mass is 10.3. The summed E-state index contributed by atoms with van der Waals surface area (Å²) in [5.41, 5.74) is 2.33. The number of aromatic nitrogens is 1. The van der Waals surface area contributed by atoms with E-state index in [9.17, 15) is 0 Å². The molecule has 1 heterocycles. The number of nitrogens with zero attached hydrogens (tertiary/aromatic N) is 3. The Morgan fingerprint density at radius 2 is 1.76 bits per heavy atom. The Balaban J connectivity index is 0.00000312. The maximum atomic E-state index is 4.32. The van der Waals surface area contributed by atoms with Crippen LogP contribution in [0.25, 0.3) is 0 Å². The molecular weight excluding hydrogens is 425 g/mol. The molecule has 0 bridgehead atoms. The number of hydrogen-bond donors (Lipinski definition) is 2. The molecule has 2 rings (SSSR count). The summed E-state index contributed by atoms with van der Waals surface area (Å²) in [6.07, 6.45) is 3.76. The highest BCUT2D eigenvalue weighted by Gasteiger charge is 2.01. The highest BCUT2D eigenvalue weighted by atomic mass is 127. The van der Waals surface area contributed by atoms with Gasteiger partial charge in [0.15, 0.2) is 5.96 Å². The van der Waals surface area contributed by atoms with Gasteiger partial charge in [-0.2, -0.15) is 0 Å². The first-order valence-corrected chi connectivity index (χ1v) is 8.40. The van der Waals surface area contributed by atoms with Gasteiger partial charge in [0.2, 0.25) is 0 Å². The van der Waals surface area contributed by atoms with Crippen LogP contribution >= 0.6 is 24.0 Å². The quantitative estimate of drug-likeness (QED) is 0.279. The summed E-state index contributed by atoms with van der Waals surface area (Å²) in [6, 6.07) is 16.4. The van der Waals surface area contributed by atoms with Gasteiger partial charge in [0.25, 0.3) is 0 Å². The van der Waals surface area contributed by atoms with Gasteiger partial charge in [-0.05, 0) is 30.7 Å². The minimum Gasteiger partial charge on any atom is -0.375 e. The largest absolute Gasteiger partial charge is 0.375 e. The van der Waals surface area contributed by atoms with Gasteiger partial charge >= 0.3 is 0 Å². The van der Waals surface area contributed by atoms with Gasteiger partial charge in [0.05, 0.1) is 0 Å². The van der Waals surface area contributed by atoms with Gasteiger partial charge in [-0.1, -0.05) is 24.3 Å². The van der Waals surface area contributed by atoms with Gasteiger partial charge in [-0.15, -0.1) is 24.0 Å². The molecule has 0 fully saturated rings. The van der Waals surface area contributed by atoms with E-state index in [0.29, 0.717) is 0 Å². The van der Waals surface area contributed by atoms with E-state index >= 15 is 0 Å². The third kappa shape index (κ3) is 8.20.